The molecule has 10 N–H and O–H groups in total. The summed E-state index contributed by atoms with van der Waals surface area (Å²) < 4.78 is 6.44. The van der Waals surface area contributed by atoms with Crippen LogP contribution in [0.2, 0.25) is 0 Å². The summed E-state index contributed by atoms with van der Waals surface area (Å²) in [6.45, 7) is 0. The first-order chi connectivity index (χ1) is 5.04. The number of hydrogen-bond donors (Lipinski definition) is 5. The fourth-order valence-corrected chi connectivity index (χ4v) is 4.90. The molecule has 0 amide bonds. The van der Waals surface area contributed by atoms with Crippen LogP contribution in [0.25, 0.3) is 0 Å². The summed E-state index contributed by atoms with van der Waals surface area (Å²) in [5, 5.41) is 0. The van der Waals surface area contributed by atoms with Gasteiger partial charge in [0.25, 0.3) is 24.0 Å². The van der Waals surface area contributed by atoms with E-state index in [-0.39, 0.29) is 0 Å². The number of nitrogen functional groups attached to an aromatic ring is 5. The van der Waals surface area contributed by atoms with E-state index >= 15 is 0 Å². The van der Waals surface area contributed by atoms with Crippen molar-refractivity contribution in [3.8, 4) is 0 Å². The zero-order valence-corrected chi connectivity index (χ0v) is 8.25. The average Bonchev–Trinajstić information content (AvgIpc) is 1.97. The van der Waals surface area contributed by atoms with E-state index < -0.39 is 24.0 Å². The highest BCUT2D eigenvalue weighted by molar-refractivity contribution is 7.64. The van der Waals surface area contributed by atoms with Crippen molar-refractivity contribution in [2.24, 2.45) is 0 Å². The molecule has 0 aromatic carbocycles. The van der Waals surface area contributed by atoms with E-state index in [1.807, 2.05) is 0 Å². The van der Waals surface area contributed by atoms with Crippen LogP contribution in [-0.4, -0.2) is 12.9 Å². The Morgan fingerprint density at radius 1 is 1.27 bits per heavy atom. The minimum atomic E-state index is -1.26. The van der Waals surface area contributed by atoms with Crippen LogP contribution in [0.3, 0.4) is 0 Å². The Hall–Kier alpha value is 0.1000. The Morgan fingerprint density at radius 2 is 1.82 bits per heavy atom. The SMILES string of the molecule is Nn1p(N)n[p+](N)n(N)p1N. The fraction of sp³-hybridized carbons (Fsp3) is 0. The van der Waals surface area contributed by atoms with Gasteiger partial charge in [0, 0.05) is 0 Å². The van der Waals surface area contributed by atoms with Crippen molar-refractivity contribution in [1.82, 2.24) is 12.9 Å². The molecule has 0 fully saturated rings. The highest BCUT2D eigenvalue weighted by Crippen LogP contribution is 2.28. The molecule has 0 aliphatic rings. The summed E-state index contributed by atoms with van der Waals surface area (Å²) in [7, 11) is -3.73. The van der Waals surface area contributed by atoms with Crippen molar-refractivity contribution in [1.29, 1.82) is 0 Å². The third-order valence-electron chi connectivity index (χ3n) is 1.02. The summed E-state index contributed by atoms with van der Waals surface area (Å²) in [6.07, 6.45) is 0. The predicted molar refractivity (Wildman–Crippen MR) is 51.1 cm³/mol. The molecule has 1 aromatic heterocycles. The number of aromatic nitrogens is 3. The van der Waals surface area contributed by atoms with Gasteiger partial charge < -0.3 is 0 Å². The third-order valence-corrected chi connectivity index (χ3v) is 6.37. The predicted octanol–water partition coefficient (Wildman–Crippen LogP) is -1.38. The number of rotatable bonds is 0. The Bertz CT molecular complexity index is 266. The van der Waals surface area contributed by atoms with Gasteiger partial charge in [-0.25, -0.2) is 28.2 Å². The second-order valence-corrected chi connectivity index (χ2v) is 6.68. The van der Waals surface area contributed by atoms with Gasteiger partial charge >= 0.3 is 0 Å². The molecule has 1 heterocycles. The summed E-state index contributed by atoms with van der Waals surface area (Å²) in [5.74, 6) is 10.9. The third kappa shape index (κ3) is 1.64. The molecule has 0 saturated heterocycles. The molecule has 11 heteroatoms. The maximum Gasteiger partial charge on any atom is 0.270 e. The smallest absolute Gasteiger partial charge is 0.210 e. The largest absolute Gasteiger partial charge is 0.270 e. The van der Waals surface area contributed by atoms with Gasteiger partial charge in [0.05, 0.1) is 0 Å². The van der Waals surface area contributed by atoms with E-state index in [9.17, 15) is 0 Å². The standard InChI is InChI=1S/H10N8P3/c1-7-9(3)6-10(4)8(2)11(7)5/h1-2,5H2,(H4,3,4,6)/q+1. The molecular weight excluding hydrogens is 205 g/mol. The van der Waals surface area contributed by atoms with Crippen molar-refractivity contribution in [2.75, 3.05) is 28.2 Å². The Morgan fingerprint density at radius 3 is 2.36 bits per heavy atom. The van der Waals surface area contributed by atoms with Gasteiger partial charge in [-0.1, -0.05) is 8.40 Å². The van der Waals surface area contributed by atoms with E-state index in [0.717, 1.165) is 0 Å². The molecule has 0 aliphatic heterocycles. The Labute approximate surface area is 65.9 Å². The van der Waals surface area contributed by atoms with Crippen LogP contribution in [-0.2, 0) is 0 Å². The van der Waals surface area contributed by atoms with E-state index in [0.29, 0.717) is 0 Å². The van der Waals surface area contributed by atoms with Crippen molar-refractivity contribution >= 4 is 24.0 Å². The molecule has 0 bridgehead atoms. The maximum atomic E-state index is 5.58. The highest BCUT2D eigenvalue weighted by Gasteiger charge is 2.12. The second-order valence-electron chi connectivity index (χ2n) is 1.69. The molecule has 11 heavy (non-hydrogen) atoms. The van der Waals surface area contributed by atoms with Crippen LogP contribution in [0.5, 0.6) is 0 Å². The maximum absolute atomic E-state index is 5.58. The van der Waals surface area contributed by atoms with Crippen LogP contribution in [0.15, 0.2) is 0 Å². The van der Waals surface area contributed by atoms with Gasteiger partial charge in [0.1, 0.15) is 0 Å². The van der Waals surface area contributed by atoms with Crippen molar-refractivity contribution < 1.29 is 0 Å². The van der Waals surface area contributed by atoms with Gasteiger partial charge in [-0.05, 0) is 4.51 Å². The van der Waals surface area contributed by atoms with Crippen LogP contribution >= 0.6 is 24.0 Å². The number of hydrogen-bond acceptors (Lipinski definition) is 6. The van der Waals surface area contributed by atoms with Crippen LogP contribution in [0, 0.1) is 0 Å². The van der Waals surface area contributed by atoms with Crippen LogP contribution < -0.4 is 28.2 Å². The lowest BCUT2D eigenvalue weighted by molar-refractivity contribution is 1.17. The molecular formula is H10N8P3+. The quantitative estimate of drug-likeness (QED) is 0.336. The first kappa shape index (κ1) is 9.19. The molecule has 1 rings (SSSR count). The number of nitrogens with two attached hydrogens (primary N) is 5. The molecule has 0 aliphatic carbocycles. The van der Waals surface area contributed by atoms with Gasteiger partial charge in [-0.15, -0.1) is 0 Å². The molecule has 8 nitrogen and oxygen atoms in total. The lowest BCUT2D eigenvalue weighted by Gasteiger charge is -2.03. The van der Waals surface area contributed by atoms with Gasteiger partial charge in [0.2, 0.25) is 0 Å². The first-order valence-corrected chi connectivity index (χ1v) is 6.44. The molecule has 64 valence electrons. The Balaban J connectivity index is 3.46. The zero-order chi connectivity index (χ0) is 8.59. The molecule has 2 unspecified atom stereocenters. The summed E-state index contributed by atoms with van der Waals surface area (Å²) in [4.78, 5) is 0. The van der Waals surface area contributed by atoms with E-state index in [4.69, 9.17) is 28.2 Å². The summed E-state index contributed by atoms with van der Waals surface area (Å²) >= 11 is 0. The molecule has 1 aromatic rings. The molecule has 0 spiro atoms. The Kier molecular flexibility index (Phi) is 2.70. The highest BCUT2D eigenvalue weighted by atomic mass is 31.2. The minimum Gasteiger partial charge on any atom is -0.210 e. The monoisotopic (exact) mass is 215 g/mol. The second kappa shape index (κ2) is 3.23. The average molecular weight is 215 g/mol. The van der Waals surface area contributed by atoms with Gasteiger partial charge in [0.15, 0.2) is 0 Å². The zero-order valence-electron chi connectivity index (χ0n) is 5.57. The van der Waals surface area contributed by atoms with Crippen molar-refractivity contribution in [3.63, 3.8) is 0 Å². The first-order valence-electron chi connectivity index (χ1n) is 2.49. The van der Waals surface area contributed by atoms with Crippen molar-refractivity contribution in [2.45, 2.75) is 0 Å². The van der Waals surface area contributed by atoms with E-state index in [2.05, 4.69) is 4.51 Å². The molecule has 0 radical (unpaired) electrons. The van der Waals surface area contributed by atoms with E-state index in [1.165, 1.54) is 8.40 Å². The molecule has 0 saturated carbocycles. The topological polar surface area (TPSA) is 153 Å². The van der Waals surface area contributed by atoms with Gasteiger partial charge in [-0.2, -0.15) is 0 Å². The number of nitrogens with zero attached hydrogens (tertiary/aromatic N) is 3. The van der Waals surface area contributed by atoms with E-state index in [1.54, 1.807) is 0 Å². The lowest BCUT2D eigenvalue weighted by Crippen LogP contribution is -2.21. The molecule has 2 atom stereocenters. The van der Waals surface area contributed by atoms with Gasteiger partial charge in [-0.3, -0.25) is 0 Å². The summed E-state index contributed by atoms with van der Waals surface area (Å²) in [6, 6.07) is 0. The van der Waals surface area contributed by atoms with Crippen LogP contribution in [0.1, 0.15) is 0 Å². The van der Waals surface area contributed by atoms with Crippen LogP contribution in [0.4, 0.5) is 0 Å². The summed E-state index contributed by atoms with van der Waals surface area (Å²) in [5.41, 5.74) is 16.6. The van der Waals surface area contributed by atoms with Crippen molar-refractivity contribution in [3.05, 3.63) is 0 Å². The normalized spacial score (nSPS) is 15.2. The minimum absolute atomic E-state index is 1.24. The lowest BCUT2D eigenvalue weighted by atomic mass is 12.9. The fourth-order valence-electron chi connectivity index (χ4n) is 0.458.